The molecule has 114 valence electrons. The summed E-state index contributed by atoms with van der Waals surface area (Å²) in [5.41, 5.74) is 5.59. The molecule has 2 rings (SSSR count). The number of hydrogen-bond acceptors (Lipinski definition) is 6. The van der Waals surface area contributed by atoms with E-state index in [1.807, 2.05) is 12.1 Å². The normalized spacial score (nSPS) is 11.4. The Balaban J connectivity index is 2.08. The average molecular weight is 317 g/mol. The van der Waals surface area contributed by atoms with Crippen LogP contribution in [0.4, 0.5) is 0 Å². The minimum atomic E-state index is -1.23. The lowest BCUT2D eigenvalue weighted by Gasteiger charge is -2.17. The molecule has 0 radical (unpaired) electrons. The molecule has 0 aliphatic carbocycles. The quantitative estimate of drug-likeness (QED) is 0.603. The number of nitrogens with two attached hydrogens (primary N) is 1. The number of rotatable bonds is 7. The van der Waals surface area contributed by atoms with Crippen LogP contribution in [-0.2, 0) is 9.45 Å². The van der Waals surface area contributed by atoms with E-state index >= 15 is 0 Å². The molecule has 0 fully saturated rings. The van der Waals surface area contributed by atoms with E-state index in [0.717, 1.165) is 0 Å². The smallest absolute Gasteiger partial charge is 0.490 e. The molecule has 0 bridgehead atoms. The zero-order chi connectivity index (χ0) is 15.8. The van der Waals surface area contributed by atoms with Crippen LogP contribution in [0.1, 0.15) is 0 Å². The van der Waals surface area contributed by atoms with Crippen LogP contribution in [-0.4, -0.2) is 25.1 Å². The summed E-state index contributed by atoms with van der Waals surface area (Å²) in [4.78, 5) is 11.8. The lowest BCUT2D eigenvalue weighted by molar-refractivity contribution is -0.137. The van der Waals surface area contributed by atoms with E-state index in [9.17, 15) is 4.79 Å². The minimum Gasteiger partial charge on any atom is -0.490 e. The second-order valence-corrected chi connectivity index (χ2v) is 4.74. The number of para-hydroxylation sites is 2. The van der Waals surface area contributed by atoms with Gasteiger partial charge < -0.3 is 19.7 Å². The van der Waals surface area contributed by atoms with Gasteiger partial charge in [-0.2, -0.15) is 12.6 Å². The predicted octanol–water partition coefficient (Wildman–Crippen LogP) is 1.93. The fourth-order valence-electron chi connectivity index (χ4n) is 1.55. The van der Waals surface area contributed by atoms with E-state index in [4.69, 9.17) is 19.7 Å². The van der Waals surface area contributed by atoms with Crippen LogP contribution >= 0.6 is 12.6 Å². The monoisotopic (exact) mass is 317 g/mol. The van der Waals surface area contributed by atoms with Crippen molar-refractivity contribution >= 4 is 25.9 Å². The zero-order valence-corrected chi connectivity index (χ0v) is 12.7. The van der Waals surface area contributed by atoms with Gasteiger partial charge in [0.05, 0.1) is 0 Å². The molecule has 0 spiro atoms. The number of benzene rings is 2. The Morgan fingerprint density at radius 2 is 1.45 bits per heavy atom. The van der Waals surface area contributed by atoms with Crippen molar-refractivity contribution in [1.29, 1.82) is 0 Å². The Morgan fingerprint density at radius 1 is 1.00 bits per heavy atom. The number of thiol groups is 1. The summed E-state index contributed by atoms with van der Waals surface area (Å²) in [6.07, 6.45) is 0. The van der Waals surface area contributed by atoms with Gasteiger partial charge in [0.2, 0.25) is 0 Å². The Labute approximate surface area is 135 Å². The van der Waals surface area contributed by atoms with E-state index in [1.54, 1.807) is 48.5 Å². The Morgan fingerprint density at radius 3 is 1.86 bits per heavy atom. The molecule has 2 N–H and O–H groups in total. The third-order valence-electron chi connectivity index (χ3n) is 2.66. The summed E-state index contributed by atoms with van der Waals surface area (Å²) in [5.74, 6) is 0.542. The van der Waals surface area contributed by atoms with Crippen molar-refractivity contribution in [2.24, 2.45) is 5.73 Å². The van der Waals surface area contributed by atoms with Crippen molar-refractivity contribution in [3.63, 3.8) is 0 Å². The highest BCUT2D eigenvalue weighted by atomic mass is 32.1. The summed E-state index contributed by atoms with van der Waals surface area (Å²) in [7, 11) is -1.23. The van der Waals surface area contributed by atoms with Crippen LogP contribution in [0.15, 0.2) is 60.7 Å². The molecule has 0 heterocycles. The maximum Gasteiger partial charge on any atom is 0.866 e. The maximum absolute atomic E-state index is 11.8. The number of carbonyl (C=O) groups is 1. The van der Waals surface area contributed by atoms with Crippen LogP contribution in [0, 0.1) is 0 Å². The van der Waals surface area contributed by atoms with Gasteiger partial charge in [-0.15, -0.1) is 0 Å². The van der Waals surface area contributed by atoms with Crippen molar-refractivity contribution in [1.82, 2.24) is 0 Å². The van der Waals surface area contributed by atoms with Crippen molar-refractivity contribution in [2.45, 2.75) is 6.04 Å². The molecule has 0 aliphatic rings. The third kappa shape index (κ3) is 5.02. The lowest BCUT2D eigenvalue weighted by Crippen LogP contribution is -2.43. The molecule has 7 heteroatoms. The molecule has 0 unspecified atom stereocenters. The van der Waals surface area contributed by atoms with E-state index in [2.05, 4.69) is 12.6 Å². The molecule has 0 saturated carbocycles. The Kier molecular flexibility index (Phi) is 6.18. The van der Waals surface area contributed by atoms with Crippen LogP contribution < -0.4 is 15.0 Å². The summed E-state index contributed by atoms with van der Waals surface area (Å²) < 4.78 is 16.2. The first-order valence-electron chi connectivity index (χ1n) is 6.69. The van der Waals surface area contributed by atoms with Gasteiger partial charge in [-0.05, 0) is 24.3 Å². The molecular formula is C15H16BNO4S. The summed E-state index contributed by atoms with van der Waals surface area (Å²) in [5, 5.41) is 0. The highest BCUT2D eigenvalue weighted by Crippen LogP contribution is 2.15. The van der Waals surface area contributed by atoms with Crippen molar-refractivity contribution in [3.8, 4) is 11.5 Å². The SMILES string of the molecule is N[C@@H](CS)C(=O)OB(Oc1ccccc1)Oc1ccccc1. The zero-order valence-electron chi connectivity index (χ0n) is 11.8. The van der Waals surface area contributed by atoms with Crippen molar-refractivity contribution < 1.29 is 18.8 Å². The first-order chi connectivity index (χ1) is 10.7. The minimum absolute atomic E-state index is 0.169. The molecule has 2 aromatic carbocycles. The lowest BCUT2D eigenvalue weighted by atomic mass is 10.2. The van der Waals surface area contributed by atoms with E-state index in [1.165, 1.54) is 0 Å². The molecule has 22 heavy (non-hydrogen) atoms. The fourth-order valence-corrected chi connectivity index (χ4v) is 1.70. The largest absolute Gasteiger partial charge is 0.866 e. The van der Waals surface area contributed by atoms with Crippen LogP contribution in [0.5, 0.6) is 11.5 Å². The van der Waals surface area contributed by atoms with Crippen LogP contribution in [0.25, 0.3) is 0 Å². The van der Waals surface area contributed by atoms with Gasteiger partial charge in [0.25, 0.3) is 0 Å². The van der Waals surface area contributed by atoms with Gasteiger partial charge in [-0.25, -0.2) is 0 Å². The maximum atomic E-state index is 11.8. The van der Waals surface area contributed by atoms with E-state index < -0.39 is 19.3 Å². The third-order valence-corrected chi connectivity index (χ3v) is 3.06. The van der Waals surface area contributed by atoms with Crippen LogP contribution in [0.3, 0.4) is 0 Å². The number of carbonyl (C=O) groups excluding carboxylic acids is 1. The van der Waals surface area contributed by atoms with Gasteiger partial charge in [0, 0.05) is 5.75 Å². The van der Waals surface area contributed by atoms with E-state index in [-0.39, 0.29) is 5.75 Å². The van der Waals surface area contributed by atoms with E-state index in [0.29, 0.717) is 11.5 Å². The standard InChI is InChI=1S/C15H16BNO4S/c17-14(11-22)15(18)21-16(19-12-7-3-1-4-8-12)20-13-9-5-2-6-10-13/h1-10,14,22H,11,17H2/t14-/m0/s1. The molecule has 0 amide bonds. The average Bonchev–Trinajstić information content (AvgIpc) is 2.55. The van der Waals surface area contributed by atoms with Gasteiger partial charge in [-0.1, -0.05) is 36.4 Å². The molecule has 0 saturated heterocycles. The van der Waals surface area contributed by atoms with Gasteiger partial charge in [-0.3, -0.25) is 4.79 Å². The highest BCUT2D eigenvalue weighted by Gasteiger charge is 2.34. The first kappa shape index (κ1) is 16.3. The second-order valence-electron chi connectivity index (χ2n) is 4.38. The molecule has 2 aromatic rings. The molecule has 0 aromatic heterocycles. The summed E-state index contributed by atoms with van der Waals surface area (Å²) in [6, 6.07) is 17.0. The highest BCUT2D eigenvalue weighted by molar-refractivity contribution is 7.80. The van der Waals surface area contributed by atoms with Crippen LogP contribution in [0.2, 0.25) is 0 Å². The summed E-state index contributed by atoms with van der Waals surface area (Å²) in [6.45, 7) is 0. The fraction of sp³-hybridized carbons (Fsp3) is 0.133. The Bertz CT molecular complexity index is 543. The molecule has 0 aliphatic heterocycles. The van der Waals surface area contributed by atoms with Crippen molar-refractivity contribution in [3.05, 3.63) is 60.7 Å². The van der Waals surface area contributed by atoms with Crippen molar-refractivity contribution in [2.75, 3.05) is 5.75 Å². The first-order valence-corrected chi connectivity index (χ1v) is 7.32. The van der Waals surface area contributed by atoms with Gasteiger partial charge in [0.15, 0.2) is 0 Å². The Hall–Kier alpha value is -2.12. The second kappa shape index (κ2) is 8.36. The number of hydrogen-bond donors (Lipinski definition) is 2. The molecule has 1 atom stereocenters. The predicted molar refractivity (Wildman–Crippen MR) is 87.8 cm³/mol. The topological polar surface area (TPSA) is 70.8 Å². The van der Waals surface area contributed by atoms with Gasteiger partial charge >= 0.3 is 13.3 Å². The molecular weight excluding hydrogens is 301 g/mol. The molecule has 5 nitrogen and oxygen atoms in total. The van der Waals surface area contributed by atoms with Gasteiger partial charge in [0.1, 0.15) is 17.5 Å². The summed E-state index contributed by atoms with van der Waals surface area (Å²) >= 11 is 3.97.